The second kappa shape index (κ2) is 9.19. The summed E-state index contributed by atoms with van der Waals surface area (Å²) in [6, 6.07) is 10.2. The Bertz CT molecular complexity index is 1370. The number of benzene rings is 2. The Morgan fingerprint density at radius 3 is 2.74 bits per heavy atom. The molecular weight excluding hydrogens is 453 g/mol. The van der Waals surface area contributed by atoms with Gasteiger partial charge in [-0.15, -0.1) is 5.10 Å². The maximum Gasteiger partial charge on any atom is 0.288 e. The van der Waals surface area contributed by atoms with Crippen LogP contribution in [-0.4, -0.2) is 50.9 Å². The van der Waals surface area contributed by atoms with Crippen LogP contribution in [0, 0.1) is 17.7 Å². The molecule has 4 rings (SSSR count). The number of carbonyl (C=O) groups excluding carboxylic acids is 2. The summed E-state index contributed by atoms with van der Waals surface area (Å²) in [5, 5.41) is 14.0. The van der Waals surface area contributed by atoms with Crippen molar-refractivity contribution in [3.8, 4) is 17.6 Å². The predicted octanol–water partition coefficient (Wildman–Crippen LogP) is 1.83. The van der Waals surface area contributed by atoms with Crippen LogP contribution in [0.5, 0.6) is 5.75 Å². The molecule has 2 aromatic carbocycles. The van der Waals surface area contributed by atoms with Crippen LogP contribution in [0.2, 0.25) is 0 Å². The van der Waals surface area contributed by atoms with E-state index >= 15 is 0 Å². The third-order valence-corrected chi connectivity index (χ3v) is 5.37. The van der Waals surface area contributed by atoms with Crippen molar-refractivity contribution in [2.75, 3.05) is 18.6 Å². The number of ether oxygens (including phenoxy) is 1. The summed E-state index contributed by atoms with van der Waals surface area (Å²) < 4.78 is 21.5. The zero-order valence-corrected chi connectivity index (χ0v) is 19.4. The standard InChI is InChI=1S/C25H24FN5O4/c1-25(2,34)11-10-15-8-9-20-18(12-15)30(3)24(33)19(14-35-20)31-21(28-23(29-31)22(27)32)13-16-6-4-5-7-17(16)26/h4-9,12,19,34H,13-14H2,1-3H3,(H2,27,32)/t19-/m0/s1. The number of likely N-dealkylation sites (N-methyl/N-ethyl adjacent to an activating group) is 1. The lowest BCUT2D eigenvalue weighted by Gasteiger charge is -2.21. The van der Waals surface area contributed by atoms with E-state index in [2.05, 4.69) is 21.9 Å². The van der Waals surface area contributed by atoms with Gasteiger partial charge in [-0.1, -0.05) is 30.0 Å². The monoisotopic (exact) mass is 477 g/mol. The highest BCUT2D eigenvalue weighted by molar-refractivity contribution is 5.98. The molecule has 3 N–H and O–H groups in total. The molecule has 180 valence electrons. The van der Waals surface area contributed by atoms with Crippen LogP contribution in [0.15, 0.2) is 42.5 Å². The Balaban J connectivity index is 1.71. The van der Waals surface area contributed by atoms with Crippen molar-refractivity contribution in [2.24, 2.45) is 5.73 Å². The van der Waals surface area contributed by atoms with Crippen LogP contribution in [0.1, 0.15) is 47.5 Å². The van der Waals surface area contributed by atoms with Crippen LogP contribution in [0.4, 0.5) is 10.1 Å². The van der Waals surface area contributed by atoms with Gasteiger partial charge in [-0.05, 0) is 43.7 Å². The van der Waals surface area contributed by atoms with Gasteiger partial charge in [0.05, 0.1) is 5.69 Å². The molecule has 35 heavy (non-hydrogen) atoms. The van der Waals surface area contributed by atoms with E-state index in [9.17, 15) is 19.1 Å². The molecule has 2 heterocycles. The molecule has 3 aromatic rings. The normalized spacial score (nSPS) is 15.5. The number of rotatable bonds is 4. The fraction of sp³-hybridized carbons (Fsp3) is 0.280. The summed E-state index contributed by atoms with van der Waals surface area (Å²) in [5.74, 6) is 4.28. The molecule has 0 saturated carbocycles. The molecule has 1 aromatic heterocycles. The van der Waals surface area contributed by atoms with E-state index in [0.717, 1.165) is 0 Å². The molecule has 2 amide bonds. The number of aliphatic hydroxyl groups is 1. The summed E-state index contributed by atoms with van der Waals surface area (Å²) in [6.45, 7) is 3.05. The molecule has 10 heteroatoms. The van der Waals surface area contributed by atoms with E-state index in [1.165, 1.54) is 15.6 Å². The van der Waals surface area contributed by atoms with Crippen molar-refractivity contribution >= 4 is 17.5 Å². The number of hydrogen-bond acceptors (Lipinski definition) is 6. The highest BCUT2D eigenvalue weighted by Gasteiger charge is 2.34. The van der Waals surface area contributed by atoms with Gasteiger partial charge in [0.1, 0.15) is 29.6 Å². The quantitative estimate of drug-likeness (QED) is 0.553. The highest BCUT2D eigenvalue weighted by atomic mass is 19.1. The minimum Gasteiger partial charge on any atom is -0.489 e. The molecule has 9 nitrogen and oxygen atoms in total. The van der Waals surface area contributed by atoms with Crippen molar-refractivity contribution in [3.05, 3.63) is 71.1 Å². The number of carbonyl (C=O) groups is 2. The molecule has 1 aliphatic heterocycles. The van der Waals surface area contributed by atoms with Gasteiger partial charge in [0.2, 0.25) is 5.82 Å². The average molecular weight is 477 g/mol. The number of hydrogen-bond donors (Lipinski definition) is 2. The minimum atomic E-state index is -1.17. The van der Waals surface area contributed by atoms with Gasteiger partial charge in [0.15, 0.2) is 6.04 Å². The number of amides is 2. The SMILES string of the molecule is CN1C(=O)[C@@H](n2nc(C(N)=O)nc2Cc2ccccc2F)COc2ccc(C#CC(C)(C)O)cc21. The molecule has 0 bridgehead atoms. The molecule has 0 aliphatic carbocycles. The van der Waals surface area contributed by atoms with Gasteiger partial charge in [0.25, 0.3) is 11.8 Å². The summed E-state index contributed by atoms with van der Waals surface area (Å²) in [6.07, 6.45) is -0.00984. The lowest BCUT2D eigenvalue weighted by atomic mass is 10.1. The maximum absolute atomic E-state index is 14.3. The summed E-state index contributed by atoms with van der Waals surface area (Å²) in [4.78, 5) is 30.8. The van der Waals surface area contributed by atoms with E-state index < -0.39 is 23.4 Å². The number of nitrogens with two attached hydrogens (primary N) is 1. The number of halogens is 1. The lowest BCUT2D eigenvalue weighted by Crippen LogP contribution is -2.36. The van der Waals surface area contributed by atoms with Crippen molar-refractivity contribution in [2.45, 2.75) is 31.9 Å². The van der Waals surface area contributed by atoms with Crippen LogP contribution >= 0.6 is 0 Å². The maximum atomic E-state index is 14.3. The molecule has 0 spiro atoms. The third kappa shape index (κ3) is 5.15. The van der Waals surface area contributed by atoms with Crippen LogP contribution < -0.4 is 15.4 Å². The van der Waals surface area contributed by atoms with Crippen molar-refractivity contribution in [1.29, 1.82) is 0 Å². The average Bonchev–Trinajstić information content (AvgIpc) is 3.17. The van der Waals surface area contributed by atoms with Gasteiger partial charge in [-0.3, -0.25) is 9.59 Å². The molecule has 0 fully saturated rings. The van der Waals surface area contributed by atoms with Gasteiger partial charge >= 0.3 is 0 Å². The first-order chi connectivity index (χ1) is 16.5. The molecule has 1 atom stereocenters. The Kier molecular flexibility index (Phi) is 6.28. The summed E-state index contributed by atoms with van der Waals surface area (Å²) >= 11 is 0. The first-order valence-corrected chi connectivity index (χ1v) is 10.8. The molecule has 0 unspecified atom stereocenters. The Morgan fingerprint density at radius 2 is 2.06 bits per heavy atom. The zero-order valence-electron chi connectivity index (χ0n) is 19.4. The third-order valence-electron chi connectivity index (χ3n) is 5.37. The first kappa shape index (κ1) is 23.9. The van der Waals surface area contributed by atoms with E-state index in [-0.39, 0.29) is 30.6 Å². The molecule has 0 saturated heterocycles. The number of fused-ring (bicyclic) bond motifs is 1. The number of aromatic nitrogens is 3. The fourth-order valence-electron chi connectivity index (χ4n) is 3.60. The van der Waals surface area contributed by atoms with E-state index in [4.69, 9.17) is 10.5 Å². The number of anilines is 1. The molecular formula is C25H24FN5O4. The Labute approximate surface area is 201 Å². The minimum absolute atomic E-state index is 0.00984. The second-order valence-corrected chi connectivity index (χ2v) is 8.64. The summed E-state index contributed by atoms with van der Waals surface area (Å²) in [5.41, 5.74) is 5.60. The van der Waals surface area contributed by atoms with Crippen LogP contribution in [0.3, 0.4) is 0 Å². The second-order valence-electron chi connectivity index (χ2n) is 8.64. The van der Waals surface area contributed by atoms with E-state index in [1.54, 1.807) is 57.3 Å². The number of nitrogens with zero attached hydrogens (tertiary/aromatic N) is 4. The number of primary amides is 1. The fourth-order valence-corrected chi connectivity index (χ4v) is 3.60. The van der Waals surface area contributed by atoms with E-state index in [1.807, 2.05) is 0 Å². The topological polar surface area (TPSA) is 124 Å². The highest BCUT2D eigenvalue weighted by Crippen LogP contribution is 2.34. The smallest absolute Gasteiger partial charge is 0.288 e. The largest absolute Gasteiger partial charge is 0.489 e. The first-order valence-electron chi connectivity index (χ1n) is 10.8. The van der Waals surface area contributed by atoms with Gasteiger partial charge in [0, 0.05) is 19.0 Å². The van der Waals surface area contributed by atoms with E-state index in [0.29, 0.717) is 22.6 Å². The molecule has 1 aliphatic rings. The van der Waals surface area contributed by atoms with Crippen molar-refractivity contribution in [1.82, 2.24) is 14.8 Å². The Hall–Kier alpha value is -4.23. The van der Waals surface area contributed by atoms with Gasteiger partial charge in [-0.25, -0.2) is 14.1 Å². The summed E-state index contributed by atoms with van der Waals surface area (Å²) in [7, 11) is 1.58. The lowest BCUT2D eigenvalue weighted by molar-refractivity contribution is -0.122. The van der Waals surface area contributed by atoms with Crippen LogP contribution in [0.25, 0.3) is 0 Å². The Morgan fingerprint density at radius 1 is 1.31 bits per heavy atom. The van der Waals surface area contributed by atoms with Gasteiger partial charge in [-0.2, -0.15) is 0 Å². The van der Waals surface area contributed by atoms with Crippen LogP contribution in [-0.2, 0) is 11.2 Å². The zero-order chi connectivity index (χ0) is 25.3. The van der Waals surface area contributed by atoms with Crippen molar-refractivity contribution in [3.63, 3.8) is 0 Å². The predicted molar refractivity (Wildman–Crippen MR) is 125 cm³/mol. The molecule has 0 radical (unpaired) electrons. The van der Waals surface area contributed by atoms with Gasteiger partial charge < -0.3 is 20.5 Å². The van der Waals surface area contributed by atoms with Crippen molar-refractivity contribution < 1.29 is 23.8 Å².